The van der Waals surface area contributed by atoms with Crippen molar-refractivity contribution in [2.24, 2.45) is 0 Å². The average molecular weight is 177 g/mol. The molecule has 1 heterocycles. The number of aryl methyl sites for hydroxylation is 1. The third-order valence-electron chi connectivity index (χ3n) is 1.24. The molecule has 0 aliphatic carbocycles. The van der Waals surface area contributed by atoms with Gasteiger partial charge >= 0.3 is 0 Å². The first kappa shape index (κ1) is 7.76. The molecule has 2 nitrogen and oxygen atoms in total. The van der Waals surface area contributed by atoms with Crippen LogP contribution in [0.2, 0.25) is 10.2 Å². The molecule has 0 unspecified atom stereocenters. The number of rotatable bonds is 0. The minimum Gasteiger partial charge on any atom is -0.153 e. The lowest BCUT2D eigenvalue weighted by molar-refractivity contribution is 0.967. The lowest BCUT2D eigenvalue weighted by Crippen LogP contribution is -1.91. The van der Waals surface area contributed by atoms with Crippen molar-refractivity contribution in [2.75, 3.05) is 0 Å². The normalized spacial score (nSPS) is 10.0. The molecule has 0 aliphatic rings. The Bertz CT molecular complexity index is 233. The largest absolute Gasteiger partial charge is 0.156 e. The molecule has 1 rings (SSSR count). The minimum absolute atomic E-state index is 0.371. The zero-order chi connectivity index (χ0) is 7.72. The third-order valence-corrected chi connectivity index (χ3v) is 2.16. The maximum absolute atomic E-state index is 5.80. The molecule has 10 heavy (non-hydrogen) atoms. The second-order valence-electron chi connectivity index (χ2n) is 2.02. The zero-order valence-electron chi connectivity index (χ0n) is 5.65. The quantitative estimate of drug-likeness (QED) is 0.607. The highest BCUT2D eigenvalue weighted by atomic mass is 35.5. The molecule has 54 valence electrons. The molecule has 0 saturated carbocycles. The fourth-order valence-electron chi connectivity index (χ4n) is 0.600. The Hall–Kier alpha value is -0.340. The molecule has 0 aliphatic heterocycles. The van der Waals surface area contributed by atoms with E-state index in [1.165, 1.54) is 0 Å². The zero-order valence-corrected chi connectivity index (χ0v) is 7.16. The summed E-state index contributed by atoms with van der Waals surface area (Å²) in [5.74, 6) is 0. The van der Waals surface area contributed by atoms with Crippen molar-refractivity contribution in [3.05, 3.63) is 21.4 Å². The summed E-state index contributed by atoms with van der Waals surface area (Å²) in [5.41, 5.74) is 1.50. The molecule has 1 aromatic rings. The smallest absolute Gasteiger partial charge is 0.153 e. The van der Waals surface area contributed by atoms with Crippen LogP contribution in [0.5, 0.6) is 0 Å². The van der Waals surface area contributed by atoms with Gasteiger partial charge in [-0.15, -0.1) is 5.10 Å². The van der Waals surface area contributed by atoms with Gasteiger partial charge in [-0.25, -0.2) is 0 Å². The van der Waals surface area contributed by atoms with E-state index in [4.69, 9.17) is 23.2 Å². The van der Waals surface area contributed by atoms with Gasteiger partial charge in [0.05, 0.1) is 10.7 Å². The van der Waals surface area contributed by atoms with Crippen molar-refractivity contribution in [1.29, 1.82) is 0 Å². The van der Waals surface area contributed by atoms with E-state index in [1.807, 2.05) is 6.92 Å². The molecular weight excluding hydrogens is 171 g/mol. The van der Waals surface area contributed by atoms with E-state index in [2.05, 4.69) is 10.2 Å². The SMILES string of the molecule is Cc1nnc(Cl)c(C)c1Cl. The summed E-state index contributed by atoms with van der Waals surface area (Å²) >= 11 is 11.4. The fourth-order valence-corrected chi connectivity index (χ4v) is 0.908. The van der Waals surface area contributed by atoms with Crippen LogP contribution in [0, 0.1) is 13.8 Å². The predicted molar refractivity (Wildman–Crippen MR) is 41.5 cm³/mol. The fraction of sp³-hybridized carbons (Fsp3) is 0.333. The van der Waals surface area contributed by atoms with Crippen molar-refractivity contribution >= 4 is 23.2 Å². The molecule has 0 aromatic carbocycles. The molecule has 0 fully saturated rings. The topological polar surface area (TPSA) is 25.8 Å². The maximum Gasteiger partial charge on any atom is 0.156 e. The van der Waals surface area contributed by atoms with Gasteiger partial charge in [-0.05, 0) is 13.8 Å². The second-order valence-corrected chi connectivity index (χ2v) is 2.75. The van der Waals surface area contributed by atoms with E-state index in [9.17, 15) is 0 Å². The summed E-state index contributed by atoms with van der Waals surface area (Å²) in [4.78, 5) is 0. The molecule has 0 spiro atoms. The highest BCUT2D eigenvalue weighted by Gasteiger charge is 2.04. The van der Waals surface area contributed by atoms with Gasteiger partial charge in [0.2, 0.25) is 0 Å². The third kappa shape index (κ3) is 1.22. The van der Waals surface area contributed by atoms with Gasteiger partial charge in [0.15, 0.2) is 5.15 Å². The van der Waals surface area contributed by atoms with Crippen LogP contribution >= 0.6 is 23.2 Å². The van der Waals surface area contributed by atoms with Crippen molar-refractivity contribution in [3.8, 4) is 0 Å². The molecule has 0 saturated heterocycles. The maximum atomic E-state index is 5.80. The van der Waals surface area contributed by atoms with E-state index in [1.54, 1.807) is 6.92 Å². The number of hydrogen-bond acceptors (Lipinski definition) is 2. The summed E-state index contributed by atoms with van der Waals surface area (Å²) < 4.78 is 0. The highest BCUT2D eigenvalue weighted by Crippen LogP contribution is 2.22. The van der Waals surface area contributed by atoms with Crippen LogP contribution in [0.25, 0.3) is 0 Å². The van der Waals surface area contributed by atoms with E-state index in [-0.39, 0.29) is 0 Å². The molecule has 0 N–H and O–H groups in total. The summed E-state index contributed by atoms with van der Waals surface area (Å²) in [7, 11) is 0. The Balaban J connectivity index is 3.34. The number of nitrogens with zero attached hydrogens (tertiary/aromatic N) is 2. The van der Waals surface area contributed by atoms with Crippen LogP contribution in [0.1, 0.15) is 11.3 Å². The van der Waals surface area contributed by atoms with Gasteiger partial charge in [-0.1, -0.05) is 23.2 Å². The van der Waals surface area contributed by atoms with Gasteiger partial charge in [-0.3, -0.25) is 0 Å². The standard InChI is InChI=1S/C6H6Cl2N2/c1-3-5(7)4(2)9-10-6(3)8/h1-2H3. The Morgan fingerprint density at radius 3 is 2.20 bits per heavy atom. The summed E-state index contributed by atoms with van der Waals surface area (Å²) in [6.07, 6.45) is 0. The van der Waals surface area contributed by atoms with E-state index in [0.29, 0.717) is 15.9 Å². The lowest BCUT2D eigenvalue weighted by Gasteiger charge is -1.99. The second kappa shape index (κ2) is 2.72. The van der Waals surface area contributed by atoms with Gasteiger partial charge in [0.1, 0.15) is 0 Å². The monoisotopic (exact) mass is 176 g/mol. The molecule has 4 heteroatoms. The predicted octanol–water partition coefficient (Wildman–Crippen LogP) is 2.40. The molecule has 0 bridgehead atoms. The number of halogens is 2. The van der Waals surface area contributed by atoms with Crippen molar-refractivity contribution in [3.63, 3.8) is 0 Å². The first-order valence-corrected chi connectivity index (χ1v) is 3.53. The van der Waals surface area contributed by atoms with Crippen LogP contribution in [-0.4, -0.2) is 10.2 Å². The van der Waals surface area contributed by atoms with Crippen LogP contribution in [0.4, 0.5) is 0 Å². The van der Waals surface area contributed by atoms with Crippen LogP contribution < -0.4 is 0 Å². The molecule has 0 amide bonds. The Morgan fingerprint density at radius 2 is 1.70 bits per heavy atom. The van der Waals surface area contributed by atoms with E-state index < -0.39 is 0 Å². The molecule has 0 atom stereocenters. The first-order valence-electron chi connectivity index (χ1n) is 2.78. The van der Waals surface area contributed by atoms with Crippen LogP contribution in [0.15, 0.2) is 0 Å². The lowest BCUT2D eigenvalue weighted by atomic mass is 10.3. The van der Waals surface area contributed by atoms with E-state index in [0.717, 1.165) is 5.56 Å². The summed E-state index contributed by atoms with van der Waals surface area (Å²) in [6.45, 7) is 3.60. The van der Waals surface area contributed by atoms with Crippen molar-refractivity contribution < 1.29 is 0 Å². The number of hydrogen-bond donors (Lipinski definition) is 0. The summed E-state index contributed by atoms with van der Waals surface area (Å²) in [5, 5.41) is 8.36. The molecule has 0 radical (unpaired) electrons. The Morgan fingerprint density at radius 1 is 1.10 bits per heavy atom. The van der Waals surface area contributed by atoms with Crippen LogP contribution in [0.3, 0.4) is 0 Å². The van der Waals surface area contributed by atoms with Gasteiger partial charge in [0, 0.05) is 5.56 Å². The molecular formula is C6H6Cl2N2. The van der Waals surface area contributed by atoms with Gasteiger partial charge in [-0.2, -0.15) is 5.10 Å². The first-order chi connectivity index (χ1) is 4.63. The summed E-state index contributed by atoms with van der Waals surface area (Å²) in [6, 6.07) is 0. The minimum atomic E-state index is 0.371. The number of aromatic nitrogens is 2. The molecule has 1 aromatic heterocycles. The average Bonchev–Trinajstić information content (AvgIpc) is 1.93. The van der Waals surface area contributed by atoms with Crippen molar-refractivity contribution in [2.45, 2.75) is 13.8 Å². The van der Waals surface area contributed by atoms with Crippen molar-refractivity contribution in [1.82, 2.24) is 10.2 Å². The van der Waals surface area contributed by atoms with Crippen LogP contribution in [-0.2, 0) is 0 Å². The Kier molecular flexibility index (Phi) is 2.11. The Labute approximate surface area is 69.2 Å². The van der Waals surface area contributed by atoms with Gasteiger partial charge in [0.25, 0.3) is 0 Å². The highest BCUT2D eigenvalue weighted by molar-refractivity contribution is 6.35. The van der Waals surface area contributed by atoms with E-state index >= 15 is 0 Å². The van der Waals surface area contributed by atoms with Gasteiger partial charge < -0.3 is 0 Å².